The number of nitrogens with zero attached hydrogens (tertiary/aromatic N) is 2. The molecule has 2 aromatic carbocycles. The van der Waals surface area contributed by atoms with E-state index in [9.17, 15) is 19.2 Å². The van der Waals surface area contributed by atoms with Gasteiger partial charge >= 0.3 is 0 Å². The second kappa shape index (κ2) is 9.90. The van der Waals surface area contributed by atoms with Crippen LogP contribution in [-0.4, -0.2) is 46.5 Å². The third-order valence-corrected chi connectivity index (χ3v) is 6.27. The molecule has 0 saturated heterocycles. The summed E-state index contributed by atoms with van der Waals surface area (Å²) in [5.41, 5.74) is 2.05. The summed E-state index contributed by atoms with van der Waals surface area (Å²) >= 11 is 0. The molecular weight excluding hydrogens is 404 g/mol. The molecule has 2 aliphatic heterocycles. The van der Waals surface area contributed by atoms with Gasteiger partial charge in [-0.05, 0) is 37.1 Å². The number of hydrogen-bond donors (Lipinski definition) is 0. The van der Waals surface area contributed by atoms with Crippen LogP contribution in [0.5, 0.6) is 0 Å². The standard InChI is InChI=1S/C26H28N2O4/c29-23-19-13-7-8-14-20(19)24(30)27(23)17-11-5-3-1-2-4-6-12-18-28-25(31)21-15-9-10-16-22(21)26(28)32/h7-10,13-16H,1-6,11-12,17-18H2. The van der Waals surface area contributed by atoms with E-state index >= 15 is 0 Å². The van der Waals surface area contributed by atoms with Gasteiger partial charge in [-0.3, -0.25) is 29.0 Å². The largest absolute Gasteiger partial charge is 0.274 e. The monoisotopic (exact) mass is 432 g/mol. The van der Waals surface area contributed by atoms with Crippen molar-refractivity contribution < 1.29 is 19.2 Å². The minimum Gasteiger partial charge on any atom is -0.274 e. The fourth-order valence-electron chi connectivity index (χ4n) is 4.48. The second-order valence-electron chi connectivity index (χ2n) is 8.44. The molecule has 4 amide bonds. The zero-order chi connectivity index (χ0) is 22.5. The molecule has 4 rings (SSSR count). The van der Waals surface area contributed by atoms with Crippen molar-refractivity contribution in [2.24, 2.45) is 0 Å². The molecule has 0 radical (unpaired) electrons. The Hall–Kier alpha value is -3.28. The van der Waals surface area contributed by atoms with Gasteiger partial charge in [0.25, 0.3) is 23.6 Å². The fraction of sp³-hybridized carbons (Fsp3) is 0.385. The van der Waals surface area contributed by atoms with Crippen LogP contribution >= 0.6 is 0 Å². The molecule has 32 heavy (non-hydrogen) atoms. The number of benzene rings is 2. The lowest BCUT2D eigenvalue weighted by molar-refractivity contribution is 0.0635. The zero-order valence-electron chi connectivity index (χ0n) is 18.2. The van der Waals surface area contributed by atoms with E-state index in [0.29, 0.717) is 35.3 Å². The normalized spacial score (nSPS) is 15.0. The van der Waals surface area contributed by atoms with E-state index in [1.54, 1.807) is 48.5 Å². The molecule has 166 valence electrons. The van der Waals surface area contributed by atoms with Gasteiger partial charge in [0.1, 0.15) is 0 Å². The number of carbonyl (C=O) groups is 4. The number of carbonyl (C=O) groups excluding carboxylic acids is 4. The Morgan fingerprint density at radius 2 is 0.656 bits per heavy atom. The van der Waals surface area contributed by atoms with Crippen LogP contribution < -0.4 is 0 Å². The first kappa shape index (κ1) is 21.9. The van der Waals surface area contributed by atoms with Crippen molar-refractivity contribution in [2.45, 2.75) is 51.4 Å². The lowest BCUT2D eigenvalue weighted by Crippen LogP contribution is -2.30. The number of rotatable bonds is 11. The van der Waals surface area contributed by atoms with Crippen molar-refractivity contribution in [3.63, 3.8) is 0 Å². The van der Waals surface area contributed by atoms with E-state index < -0.39 is 0 Å². The Labute approximate surface area is 188 Å². The molecule has 2 aliphatic rings. The number of hydrogen-bond acceptors (Lipinski definition) is 4. The van der Waals surface area contributed by atoms with Crippen LogP contribution in [0.4, 0.5) is 0 Å². The van der Waals surface area contributed by atoms with Crippen LogP contribution in [0, 0.1) is 0 Å². The van der Waals surface area contributed by atoms with Crippen LogP contribution in [-0.2, 0) is 0 Å². The molecule has 0 atom stereocenters. The van der Waals surface area contributed by atoms with Gasteiger partial charge in [0, 0.05) is 13.1 Å². The zero-order valence-corrected chi connectivity index (χ0v) is 18.2. The average Bonchev–Trinajstić information content (AvgIpc) is 3.20. The predicted molar refractivity (Wildman–Crippen MR) is 121 cm³/mol. The lowest BCUT2D eigenvalue weighted by Gasteiger charge is -2.14. The molecule has 2 heterocycles. The Morgan fingerprint density at radius 3 is 0.938 bits per heavy atom. The highest BCUT2D eigenvalue weighted by Gasteiger charge is 2.35. The topological polar surface area (TPSA) is 74.8 Å². The van der Waals surface area contributed by atoms with E-state index in [4.69, 9.17) is 0 Å². The summed E-state index contributed by atoms with van der Waals surface area (Å²) in [4.78, 5) is 52.1. The van der Waals surface area contributed by atoms with E-state index in [1.807, 2.05) is 0 Å². The Bertz CT molecular complexity index is 892. The maximum atomic E-state index is 12.3. The fourth-order valence-corrected chi connectivity index (χ4v) is 4.48. The van der Waals surface area contributed by atoms with Crippen molar-refractivity contribution >= 4 is 23.6 Å². The Morgan fingerprint density at radius 1 is 0.406 bits per heavy atom. The summed E-state index contributed by atoms with van der Waals surface area (Å²) in [7, 11) is 0. The molecule has 0 saturated carbocycles. The van der Waals surface area contributed by atoms with Crippen molar-refractivity contribution in [3.05, 3.63) is 70.8 Å². The first-order chi connectivity index (χ1) is 15.6. The van der Waals surface area contributed by atoms with Crippen LogP contribution in [0.25, 0.3) is 0 Å². The van der Waals surface area contributed by atoms with Gasteiger partial charge in [0.15, 0.2) is 0 Å². The van der Waals surface area contributed by atoms with Gasteiger partial charge in [-0.25, -0.2) is 0 Å². The Balaban J connectivity index is 1.05. The average molecular weight is 433 g/mol. The van der Waals surface area contributed by atoms with Crippen molar-refractivity contribution in [3.8, 4) is 0 Å². The summed E-state index contributed by atoms with van der Waals surface area (Å²) in [5.74, 6) is -0.709. The summed E-state index contributed by atoms with van der Waals surface area (Å²) < 4.78 is 0. The van der Waals surface area contributed by atoms with Crippen molar-refractivity contribution in [1.82, 2.24) is 9.80 Å². The van der Waals surface area contributed by atoms with Gasteiger partial charge in [0.2, 0.25) is 0 Å². The molecule has 0 N–H and O–H groups in total. The maximum Gasteiger partial charge on any atom is 0.261 e. The van der Waals surface area contributed by atoms with Crippen LogP contribution in [0.2, 0.25) is 0 Å². The molecule has 0 aromatic heterocycles. The maximum absolute atomic E-state index is 12.3. The SMILES string of the molecule is O=C1c2ccccc2C(=O)N1CCCCCCCCCCN1C(=O)c2ccccc2C1=O. The summed E-state index contributed by atoms with van der Waals surface area (Å²) in [6.45, 7) is 0.958. The second-order valence-corrected chi connectivity index (χ2v) is 8.44. The van der Waals surface area contributed by atoms with Crippen molar-refractivity contribution in [1.29, 1.82) is 0 Å². The highest BCUT2D eigenvalue weighted by molar-refractivity contribution is 6.22. The van der Waals surface area contributed by atoms with Gasteiger partial charge < -0.3 is 0 Å². The molecule has 0 aliphatic carbocycles. The van der Waals surface area contributed by atoms with Crippen LogP contribution in [0.3, 0.4) is 0 Å². The predicted octanol–water partition coefficient (Wildman–Crippen LogP) is 4.70. The molecule has 0 unspecified atom stereocenters. The molecule has 0 spiro atoms. The summed E-state index contributed by atoms with van der Waals surface area (Å²) in [6, 6.07) is 14.0. The smallest absolute Gasteiger partial charge is 0.261 e. The highest BCUT2D eigenvalue weighted by Crippen LogP contribution is 2.24. The summed E-state index contributed by atoms with van der Waals surface area (Å²) in [6.07, 6.45) is 7.98. The van der Waals surface area contributed by atoms with Crippen LogP contribution in [0.1, 0.15) is 92.8 Å². The minimum atomic E-state index is -0.177. The lowest BCUT2D eigenvalue weighted by atomic mass is 10.1. The third-order valence-electron chi connectivity index (χ3n) is 6.27. The summed E-state index contributed by atoms with van der Waals surface area (Å²) in [5, 5.41) is 0. The number of unbranched alkanes of at least 4 members (excludes halogenated alkanes) is 7. The molecule has 0 fully saturated rings. The number of imide groups is 2. The van der Waals surface area contributed by atoms with Gasteiger partial charge in [-0.1, -0.05) is 62.8 Å². The molecular formula is C26H28N2O4. The molecule has 6 nitrogen and oxygen atoms in total. The third kappa shape index (κ3) is 4.35. The number of fused-ring (bicyclic) bond motifs is 2. The number of amides is 4. The minimum absolute atomic E-state index is 0.177. The first-order valence-electron chi connectivity index (χ1n) is 11.5. The quantitative estimate of drug-likeness (QED) is 0.381. The molecule has 6 heteroatoms. The highest BCUT2D eigenvalue weighted by atomic mass is 16.2. The van der Waals surface area contributed by atoms with Crippen molar-refractivity contribution in [2.75, 3.05) is 13.1 Å². The molecule has 2 aromatic rings. The van der Waals surface area contributed by atoms with E-state index in [1.165, 1.54) is 9.80 Å². The van der Waals surface area contributed by atoms with E-state index in [2.05, 4.69) is 0 Å². The Kier molecular flexibility index (Phi) is 6.78. The van der Waals surface area contributed by atoms with E-state index in [0.717, 1.165) is 51.4 Å². The van der Waals surface area contributed by atoms with Gasteiger partial charge in [-0.15, -0.1) is 0 Å². The van der Waals surface area contributed by atoms with Gasteiger partial charge in [-0.2, -0.15) is 0 Å². The van der Waals surface area contributed by atoms with Gasteiger partial charge in [0.05, 0.1) is 22.3 Å². The van der Waals surface area contributed by atoms with E-state index in [-0.39, 0.29) is 23.6 Å². The molecule has 0 bridgehead atoms. The first-order valence-corrected chi connectivity index (χ1v) is 11.5. The van der Waals surface area contributed by atoms with Crippen LogP contribution in [0.15, 0.2) is 48.5 Å².